The van der Waals surface area contributed by atoms with Gasteiger partial charge < -0.3 is 8.83 Å². The molecule has 7 aromatic carbocycles. The number of para-hydroxylation sites is 1. The number of aromatic nitrogens is 3. The fraction of sp³-hybridized carbons (Fsp3) is 0. The summed E-state index contributed by atoms with van der Waals surface area (Å²) in [4.78, 5) is 15.2. The zero-order valence-corrected chi connectivity index (χ0v) is 27.8. The van der Waals surface area contributed by atoms with Gasteiger partial charge in [-0.05, 0) is 65.7 Å². The minimum atomic E-state index is 0.596. The molecule has 0 atom stereocenters. The number of hydrogen-bond donors (Lipinski definition) is 0. The largest absolute Gasteiger partial charge is 0.456 e. The summed E-state index contributed by atoms with van der Waals surface area (Å²) < 4.78 is 15.0. The Balaban J connectivity index is 1.04. The Kier molecular flexibility index (Phi) is 6.05. The number of fused-ring (bicyclic) bond motifs is 9. The average molecular weight is 672 g/mol. The highest BCUT2D eigenvalue weighted by atomic mass is 32.1. The highest BCUT2D eigenvalue weighted by Crippen LogP contribution is 2.40. The van der Waals surface area contributed by atoms with Crippen LogP contribution in [-0.2, 0) is 0 Å². The molecule has 11 rings (SSSR count). The van der Waals surface area contributed by atoms with Gasteiger partial charge in [-0.2, -0.15) is 0 Å². The number of thiophene rings is 1. The molecular formula is C45H25N3O2S. The first-order valence-electron chi connectivity index (χ1n) is 16.8. The molecule has 0 fully saturated rings. The first-order chi connectivity index (χ1) is 25.2. The predicted octanol–water partition coefficient (Wildman–Crippen LogP) is 12.7. The maximum atomic E-state index is 6.45. The van der Waals surface area contributed by atoms with Crippen LogP contribution in [0.4, 0.5) is 0 Å². The van der Waals surface area contributed by atoms with Gasteiger partial charge in [-0.15, -0.1) is 11.3 Å². The lowest BCUT2D eigenvalue weighted by Gasteiger charge is -2.09. The Morgan fingerprint density at radius 3 is 1.80 bits per heavy atom. The number of hydrogen-bond acceptors (Lipinski definition) is 6. The van der Waals surface area contributed by atoms with Crippen molar-refractivity contribution in [1.29, 1.82) is 0 Å². The minimum absolute atomic E-state index is 0.596. The van der Waals surface area contributed by atoms with Crippen molar-refractivity contribution in [3.63, 3.8) is 0 Å². The van der Waals surface area contributed by atoms with Crippen LogP contribution in [0.5, 0.6) is 0 Å². The Bertz CT molecular complexity index is 3160. The lowest BCUT2D eigenvalue weighted by Crippen LogP contribution is -2.00. The summed E-state index contributed by atoms with van der Waals surface area (Å²) in [7, 11) is 0. The van der Waals surface area contributed by atoms with Crippen LogP contribution < -0.4 is 0 Å². The summed E-state index contributed by atoms with van der Waals surface area (Å²) in [6.07, 6.45) is 0. The maximum absolute atomic E-state index is 6.45. The Labute approximate surface area is 295 Å². The highest BCUT2D eigenvalue weighted by molar-refractivity contribution is 7.26. The molecular weight excluding hydrogens is 647 g/mol. The molecule has 238 valence electrons. The molecule has 0 N–H and O–H groups in total. The Hall–Kier alpha value is -6.63. The van der Waals surface area contributed by atoms with Gasteiger partial charge in [0.05, 0.1) is 0 Å². The molecule has 0 aliphatic carbocycles. The second kappa shape index (κ2) is 10.9. The van der Waals surface area contributed by atoms with E-state index in [9.17, 15) is 0 Å². The molecule has 6 heteroatoms. The third-order valence-corrected chi connectivity index (χ3v) is 11.0. The molecule has 0 aliphatic heterocycles. The Morgan fingerprint density at radius 1 is 0.353 bits per heavy atom. The SMILES string of the molecule is c1ccc(-c2nc(-c3ccc4c(c3)oc3ccc(-c5ccc6c(c5)oc5ccccc56)cc34)nc(-c3cccc4c3sc3ccccc34)n2)cc1. The minimum Gasteiger partial charge on any atom is -0.456 e. The van der Waals surface area contributed by atoms with Crippen LogP contribution in [0.15, 0.2) is 160 Å². The quantitative estimate of drug-likeness (QED) is 0.186. The van der Waals surface area contributed by atoms with Crippen molar-refractivity contribution in [2.75, 3.05) is 0 Å². The van der Waals surface area contributed by atoms with Gasteiger partial charge in [-0.25, -0.2) is 15.0 Å². The molecule has 0 amide bonds. The van der Waals surface area contributed by atoms with E-state index in [1.807, 2.05) is 60.7 Å². The average Bonchev–Trinajstić information content (AvgIpc) is 3.88. The van der Waals surface area contributed by atoms with Crippen molar-refractivity contribution in [3.8, 4) is 45.3 Å². The molecule has 0 bridgehead atoms. The van der Waals surface area contributed by atoms with Crippen LogP contribution in [0.3, 0.4) is 0 Å². The standard InChI is InChI=1S/C45H25N3O2S/c1-2-9-26(10-3-1)43-46-44(48-45(47-43)35-14-8-13-34-33-12-5-7-16-41(33)51-42(34)35)29-18-21-32-36-23-27(19-22-38(36)50-40(32)25-29)28-17-20-31-30-11-4-6-15-37(30)49-39(31)24-28/h1-25H. The van der Waals surface area contributed by atoms with E-state index >= 15 is 0 Å². The van der Waals surface area contributed by atoms with Crippen LogP contribution in [0.1, 0.15) is 0 Å². The van der Waals surface area contributed by atoms with E-state index in [4.69, 9.17) is 23.8 Å². The second-order valence-corrected chi connectivity index (χ2v) is 13.8. The second-order valence-electron chi connectivity index (χ2n) is 12.8. The summed E-state index contributed by atoms with van der Waals surface area (Å²) in [5.41, 5.74) is 8.37. The van der Waals surface area contributed by atoms with Crippen molar-refractivity contribution in [2.45, 2.75) is 0 Å². The van der Waals surface area contributed by atoms with Crippen LogP contribution in [0, 0.1) is 0 Å². The molecule has 0 aliphatic rings. The van der Waals surface area contributed by atoms with Gasteiger partial charge in [0, 0.05) is 58.4 Å². The molecule has 0 spiro atoms. The van der Waals surface area contributed by atoms with Crippen LogP contribution in [0.2, 0.25) is 0 Å². The van der Waals surface area contributed by atoms with Crippen molar-refractivity contribution >= 4 is 75.4 Å². The molecule has 0 unspecified atom stereocenters. The summed E-state index contributed by atoms with van der Waals surface area (Å²) in [5.74, 6) is 1.87. The third-order valence-electron chi connectivity index (χ3n) is 9.75. The summed E-state index contributed by atoms with van der Waals surface area (Å²) >= 11 is 1.77. The van der Waals surface area contributed by atoms with E-state index in [1.165, 1.54) is 15.5 Å². The van der Waals surface area contributed by atoms with Gasteiger partial charge >= 0.3 is 0 Å². The van der Waals surface area contributed by atoms with Crippen LogP contribution in [-0.4, -0.2) is 15.0 Å². The van der Waals surface area contributed by atoms with Gasteiger partial charge in [-0.3, -0.25) is 0 Å². The monoisotopic (exact) mass is 671 g/mol. The van der Waals surface area contributed by atoms with E-state index in [0.717, 1.165) is 76.4 Å². The normalized spacial score (nSPS) is 11.9. The molecule has 4 heterocycles. The maximum Gasteiger partial charge on any atom is 0.165 e. The number of nitrogens with zero attached hydrogens (tertiary/aromatic N) is 3. The molecule has 51 heavy (non-hydrogen) atoms. The van der Waals surface area contributed by atoms with E-state index in [1.54, 1.807) is 11.3 Å². The predicted molar refractivity (Wildman–Crippen MR) is 209 cm³/mol. The van der Waals surface area contributed by atoms with Crippen molar-refractivity contribution in [2.24, 2.45) is 0 Å². The molecule has 0 saturated carbocycles. The van der Waals surface area contributed by atoms with Crippen molar-refractivity contribution in [1.82, 2.24) is 15.0 Å². The number of furan rings is 2. The highest BCUT2D eigenvalue weighted by Gasteiger charge is 2.18. The van der Waals surface area contributed by atoms with E-state index < -0.39 is 0 Å². The lowest BCUT2D eigenvalue weighted by molar-refractivity contribution is 0.669. The zero-order chi connectivity index (χ0) is 33.5. The van der Waals surface area contributed by atoms with E-state index in [0.29, 0.717) is 17.5 Å². The van der Waals surface area contributed by atoms with E-state index in [-0.39, 0.29) is 0 Å². The van der Waals surface area contributed by atoms with Gasteiger partial charge in [0.15, 0.2) is 17.5 Å². The molecule has 0 saturated heterocycles. The van der Waals surface area contributed by atoms with Crippen LogP contribution in [0.25, 0.3) is 109 Å². The van der Waals surface area contributed by atoms with Gasteiger partial charge in [0.1, 0.15) is 22.3 Å². The molecule has 11 aromatic rings. The third kappa shape index (κ3) is 4.50. The summed E-state index contributed by atoms with van der Waals surface area (Å²) in [6.45, 7) is 0. The Morgan fingerprint density at radius 2 is 0.941 bits per heavy atom. The number of benzene rings is 7. The molecule has 4 aromatic heterocycles. The topological polar surface area (TPSA) is 65.0 Å². The van der Waals surface area contributed by atoms with Crippen LogP contribution >= 0.6 is 11.3 Å². The molecule has 0 radical (unpaired) electrons. The smallest absolute Gasteiger partial charge is 0.165 e. The summed E-state index contributed by atoms with van der Waals surface area (Å²) in [6, 6.07) is 52.2. The van der Waals surface area contributed by atoms with E-state index in [2.05, 4.69) is 91.0 Å². The molecule has 5 nitrogen and oxygen atoms in total. The van der Waals surface area contributed by atoms with Gasteiger partial charge in [0.2, 0.25) is 0 Å². The van der Waals surface area contributed by atoms with Crippen molar-refractivity contribution in [3.05, 3.63) is 152 Å². The zero-order valence-electron chi connectivity index (χ0n) is 27.0. The number of rotatable bonds is 4. The first kappa shape index (κ1) is 28.2. The van der Waals surface area contributed by atoms with Gasteiger partial charge in [-0.1, -0.05) is 97.1 Å². The van der Waals surface area contributed by atoms with Crippen molar-refractivity contribution < 1.29 is 8.83 Å². The fourth-order valence-electron chi connectivity index (χ4n) is 7.27. The first-order valence-corrected chi connectivity index (χ1v) is 17.7. The van der Waals surface area contributed by atoms with Gasteiger partial charge in [0.25, 0.3) is 0 Å². The summed E-state index contributed by atoms with van der Waals surface area (Å²) in [5, 5.41) is 6.78. The fourth-order valence-corrected chi connectivity index (χ4v) is 8.48. The lowest BCUT2D eigenvalue weighted by atomic mass is 10.0.